The molecule has 1 heteroatoms. The molecule has 0 spiro atoms. The third kappa shape index (κ3) is 3.56. The molecule has 0 aromatic heterocycles. The molecule has 1 nitrogen and oxygen atoms in total. The van der Waals surface area contributed by atoms with Gasteiger partial charge in [-0.2, -0.15) is 0 Å². The van der Waals surface area contributed by atoms with E-state index < -0.39 is 0 Å². The molecule has 0 fully saturated rings. The van der Waals surface area contributed by atoms with E-state index in [4.69, 9.17) is 4.74 Å². The highest BCUT2D eigenvalue weighted by molar-refractivity contribution is 6.25. The van der Waals surface area contributed by atoms with Crippen molar-refractivity contribution in [2.24, 2.45) is 0 Å². The first-order valence-corrected chi connectivity index (χ1v) is 15.5. The van der Waals surface area contributed by atoms with Crippen LogP contribution >= 0.6 is 0 Å². The van der Waals surface area contributed by atoms with Crippen LogP contribution in [0.3, 0.4) is 0 Å². The van der Waals surface area contributed by atoms with Crippen LogP contribution in [0.4, 0.5) is 0 Å². The molecule has 0 atom stereocenters. The van der Waals surface area contributed by atoms with Crippen LogP contribution in [0.25, 0.3) is 87.2 Å². The van der Waals surface area contributed by atoms with Gasteiger partial charge in [0.15, 0.2) is 0 Å². The predicted octanol–water partition coefficient (Wildman–Crippen LogP) is 12.6. The maximum Gasteiger partial charge on any atom is 0.136 e. The number of hydrogen-bond donors (Lipinski definition) is 0. The Morgan fingerprint density at radius 2 is 0.800 bits per heavy atom. The van der Waals surface area contributed by atoms with Crippen molar-refractivity contribution in [1.82, 2.24) is 0 Å². The first-order valence-electron chi connectivity index (χ1n) is 15.5. The zero-order valence-corrected chi connectivity index (χ0v) is 24.4. The molecule has 45 heavy (non-hydrogen) atoms. The normalized spacial score (nSPS) is 12.2. The molecular weight excluding hydrogens is 544 g/mol. The lowest BCUT2D eigenvalue weighted by Crippen LogP contribution is -1.96. The van der Waals surface area contributed by atoms with Crippen LogP contribution in [-0.2, 0) is 0 Å². The van der Waals surface area contributed by atoms with Gasteiger partial charge < -0.3 is 4.74 Å². The van der Waals surface area contributed by atoms with Gasteiger partial charge in [-0.3, -0.25) is 0 Å². The molecule has 9 aromatic carbocycles. The summed E-state index contributed by atoms with van der Waals surface area (Å²) >= 11 is 0. The van der Waals surface area contributed by atoms with Gasteiger partial charge in [0.05, 0.1) is 0 Å². The van der Waals surface area contributed by atoms with Crippen LogP contribution in [0.5, 0.6) is 11.5 Å². The van der Waals surface area contributed by atoms with Crippen LogP contribution in [0.2, 0.25) is 0 Å². The third-order valence-corrected chi connectivity index (χ3v) is 9.62. The topological polar surface area (TPSA) is 9.23 Å². The quantitative estimate of drug-likeness (QED) is 0.192. The van der Waals surface area contributed by atoms with E-state index in [9.17, 15) is 0 Å². The molecule has 208 valence electrons. The fraction of sp³-hybridized carbons (Fsp3) is 0. The molecule has 0 radical (unpaired) electrons. The molecule has 0 N–H and O–H groups in total. The Balaban J connectivity index is 1.19. The fourth-order valence-corrected chi connectivity index (χ4v) is 7.61. The smallest absolute Gasteiger partial charge is 0.136 e. The lowest BCUT2D eigenvalue weighted by molar-refractivity contribution is 0.493. The van der Waals surface area contributed by atoms with E-state index in [1.807, 2.05) is 0 Å². The van der Waals surface area contributed by atoms with Gasteiger partial charge in [0.1, 0.15) is 11.5 Å². The Morgan fingerprint density at radius 3 is 1.47 bits per heavy atom. The van der Waals surface area contributed by atoms with Crippen LogP contribution in [-0.4, -0.2) is 0 Å². The Labute approximate surface area is 260 Å². The Kier molecular flexibility index (Phi) is 5.06. The lowest BCUT2D eigenvalue weighted by Gasteiger charge is -2.22. The summed E-state index contributed by atoms with van der Waals surface area (Å²) in [6.45, 7) is 0. The van der Waals surface area contributed by atoms with Gasteiger partial charge in [0, 0.05) is 16.2 Å². The molecule has 1 aliphatic heterocycles. The van der Waals surface area contributed by atoms with E-state index >= 15 is 0 Å². The van der Waals surface area contributed by atoms with Crippen molar-refractivity contribution in [3.63, 3.8) is 0 Å². The molecule has 0 bridgehead atoms. The van der Waals surface area contributed by atoms with Crippen molar-refractivity contribution in [2.45, 2.75) is 0 Å². The van der Waals surface area contributed by atoms with E-state index in [-0.39, 0.29) is 0 Å². The zero-order chi connectivity index (χ0) is 29.5. The maximum absolute atomic E-state index is 6.65. The number of benzene rings is 9. The highest BCUT2D eigenvalue weighted by Gasteiger charge is 2.21. The van der Waals surface area contributed by atoms with Gasteiger partial charge in [0.25, 0.3) is 0 Å². The standard InChI is InChI=1S/C44H26O/c1-2-9-27(10-3-1)32-21-23-38(36-14-6-4-12-34(32)36)39-24-22-33(35-13-5-7-15-37(35)39)31-25-30-20-19-29-18-17-28-11-8-16-40-42(28)44(29)43(30)41(26-31)45-40/h1-26H. The van der Waals surface area contributed by atoms with E-state index in [2.05, 4.69) is 158 Å². The van der Waals surface area contributed by atoms with E-state index in [0.717, 1.165) is 17.1 Å². The largest absolute Gasteiger partial charge is 0.456 e. The molecule has 1 aliphatic rings. The van der Waals surface area contributed by atoms with Gasteiger partial charge in [0.2, 0.25) is 0 Å². The molecule has 0 amide bonds. The second kappa shape index (κ2) is 9.29. The molecular formula is C44H26O. The van der Waals surface area contributed by atoms with Crippen LogP contribution in [0, 0.1) is 0 Å². The Bertz CT molecular complexity index is 2670. The Morgan fingerprint density at radius 1 is 0.289 bits per heavy atom. The van der Waals surface area contributed by atoms with Gasteiger partial charge in [-0.05, 0) is 89.3 Å². The number of ether oxygens (including phenoxy) is 1. The summed E-state index contributed by atoms with van der Waals surface area (Å²) in [5, 5.41) is 12.4. The summed E-state index contributed by atoms with van der Waals surface area (Å²) in [6.07, 6.45) is 0. The molecule has 0 aliphatic carbocycles. The molecule has 0 unspecified atom stereocenters. The number of rotatable bonds is 3. The summed E-state index contributed by atoms with van der Waals surface area (Å²) in [5.74, 6) is 1.86. The van der Waals surface area contributed by atoms with Crippen molar-refractivity contribution in [2.75, 3.05) is 0 Å². The van der Waals surface area contributed by atoms with E-state index in [1.54, 1.807) is 0 Å². The van der Waals surface area contributed by atoms with Gasteiger partial charge >= 0.3 is 0 Å². The maximum atomic E-state index is 6.65. The SMILES string of the molecule is c1ccc(-c2ccc(-c3ccc(-c4cc5c6c(ccc7ccc8cccc(c8c76)O5)c4)c4ccccc34)c3ccccc23)cc1. The molecule has 9 aromatic rings. The zero-order valence-electron chi connectivity index (χ0n) is 24.4. The van der Waals surface area contributed by atoms with Gasteiger partial charge in [-0.25, -0.2) is 0 Å². The summed E-state index contributed by atoms with van der Waals surface area (Å²) in [7, 11) is 0. The van der Waals surface area contributed by atoms with Gasteiger partial charge in [-0.1, -0.05) is 140 Å². The Hall–Kier alpha value is -5.92. The predicted molar refractivity (Wildman–Crippen MR) is 190 cm³/mol. The average Bonchev–Trinajstić information content (AvgIpc) is 3.11. The first-order chi connectivity index (χ1) is 22.3. The third-order valence-electron chi connectivity index (χ3n) is 9.62. The second-order valence-corrected chi connectivity index (χ2v) is 12.0. The summed E-state index contributed by atoms with van der Waals surface area (Å²) in [6, 6.07) is 57.3. The van der Waals surface area contributed by atoms with E-state index in [0.29, 0.717) is 0 Å². The summed E-state index contributed by atoms with van der Waals surface area (Å²) < 4.78 is 6.65. The minimum Gasteiger partial charge on any atom is -0.456 e. The minimum absolute atomic E-state index is 0.926. The van der Waals surface area contributed by atoms with Crippen molar-refractivity contribution < 1.29 is 4.74 Å². The molecule has 10 rings (SSSR count). The minimum atomic E-state index is 0.926. The van der Waals surface area contributed by atoms with Crippen LogP contribution < -0.4 is 4.74 Å². The van der Waals surface area contributed by atoms with Crippen LogP contribution in [0.15, 0.2) is 158 Å². The van der Waals surface area contributed by atoms with Crippen LogP contribution in [0.1, 0.15) is 0 Å². The molecule has 0 saturated heterocycles. The highest BCUT2D eigenvalue weighted by Crippen LogP contribution is 2.49. The van der Waals surface area contributed by atoms with E-state index in [1.165, 1.54) is 81.7 Å². The average molecular weight is 571 g/mol. The van der Waals surface area contributed by atoms with Crippen molar-refractivity contribution in [3.05, 3.63) is 158 Å². The number of hydrogen-bond acceptors (Lipinski definition) is 1. The molecule has 1 heterocycles. The molecule has 0 saturated carbocycles. The van der Waals surface area contributed by atoms with Crippen molar-refractivity contribution in [1.29, 1.82) is 0 Å². The summed E-state index contributed by atoms with van der Waals surface area (Å²) in [5.41, 5.74) is 7.35. The van der Waals surface area contributed by atoms with Crippen molar-refractivity contribution >= 4 is 53.9 Å². The monoisotopic (exact) mass is 570 g/mol. The lowest BCUT2D eigenvalue weighted by atomic mass is 9.87. The highest BCUT2D eigenvalue weighted by atomic mass is 16.5. The number of fused-ring (bicyclic) bond motifs is 2. The second-order valence-electron chi connectivity index (χ2n) is 12.0. The van der Waals surface area contributed by atoms with Crippen molar-refractivity contribution in [3.8, 4) is 44.9 Å². The fourth-order valence-electron chi connectivity index (χ4n) is 7.61. The first kappa shape index (κ1) is 24.5. The summed E-state index contributed by atoms with van der Waals surface area (Å²) in [4.78, 5) is 0. The van der Waals surface area contributed by atoms with Gasteiger partial charge in [-0.15, -0.1) is 0 Å².